The zero-order valence-electron chi connectivity index (χ0n) is 4.18. The molecular weight excluding hydrogens is 90.1 g/mol. The first kappa shape index (κ1) is 4.62. The van der Waals surface area contributed by atoms with Crippen LogP contribution in [0.2, 0.25) is 0 Å². The van der Waals surface area contributed by atoms with E-state index in [9.17, 15) is 4.79 Å². The van der Waals surface area contributed by atoms with Crippen molar-refractivity contribution in [3.8, 4) is 0 Å². The van der Waals surface area contributed by atoms with Crippen LogP contribution in [0.4, 0.5) is 0 Å². The molecular formula is C5H9NO. The Balaban J connectivity index is 2.08. The minimum atomic E-state index is -0.150. The average Bonchev–Trinajstić information content (AvgIpc) is 2.17. The summed E-state index contributed by atoms with van der Waals surface area (Å²) in [5, 5.41) is 0. The van der Waals surface area contributed by atoms with E-state index < -0.39 is 0 Å². The van der Waals surface area contributed by atoms with Crippen LogP contribution in [0.3, 0.4) is 0 Å². The molecule has 0 aliphatic heterocycles. The highest BCUT2D eigenvalue weighted by molar-refractivity contribution is 5.74. The fraction of sp³-hybridized carbons (Fsp3) is 0.800. The molecule has 2 nitrogen and oxygen atoms in total. The van der Waals surface area contributed by atoms with E-state index in [0.29, 0.717) is 12.3 Å². The molecule has 1 aliphatic carbocycles. The number of carbonyl (C=O) groups excluding carboxylic acids is 1. The molecule has 0 unspecified atom stereocenters. The third kappa shape index (κ3) is 1.57. The van der Waals surface area contributed by atoms with E-state index in [1.807, 2.05) is 0 Å². The molecule has 0 aromatic carbocycles. The van der Waals surface area contributed by atoms with E-state index >= 15 is 0 Å². The van der Waals surface area contributed by atoms with Gasteiger partial charge in [-0.1, -0.05) is 0 Å². The van der Waals surface area contributed by atoms with Crippen molar-refractivity contribution in [3.63, 3.8) is 0 Å². The first-order chi connectivity index (χ1) is 3.29. The highest BCUT2D eigenvalue weighted by Crippen LogP contribution is 2.31. The molecule has 0 aromatic rings. The lowest BCUT2D eigenvalue weighted by atomic mass is 10.3. The van der Waals surface area contributed by atoms with E-state index in [2.05, 4.69) is 0 Å². The Labute approximate surface area is 42.7 Å². The van der Waals surface area contributed by atoms with Crippen LogP contribution >= 0.6 is 0 Å². The Bertz CT molecular complexity index is 86.1. The fourth-order valence-electron chi connectivity index (χ4n) is 0.606. The van der Waals surface area contributed by atoms with Gasteiger partial charge in [-0.25, -0.2) is 0 Å². The summed E-state index contributed by atoms with van der Waals surface area (Å²) in [6, 6.07) is 0. The fourth-order valence-corrected chi connectivity index (χ4v) is 0.606. The average molecular weight is 99.1 g/mol. The number of amides is 1. The third-order valence-corrected chi connectivity index (χ3v) is 1.19. The molecule has 1 amide bonds. The van der Waals surface area contributed by atoms with Crippen LogP contribution in [0.15, 0.2) is 0 Å². The van der Waals surface area contributed by atoms with Crippen molar-refractivity contribution in [2.45, 2.75) is 19.3 Å². The van der Waals surface area contributed by atoms with Gasteiger partial charge in [0.25, 0.3) is 0 Å². The summed E-state index contributed by atoms with van der Waals surface area (Å²) >= 11 is 0. The van der Waals surface area contributed by atoms with Gasteiger partial charge in [0.15, 0.2) is 0 Å². The monoisotopic (exact) mass is 99.1 g/mol. The van der Waals surface area contributed by atoms with Crippen LogP contribution < -0.4 is 5.73 Å². The molecule has 0 atom stereocenters. The standard InChI is InChI=1S/C5H9NO/c6-5(7)3-4-1-2-4/h4H,1-3H2,(H2,6,7). The van der Waals surface area contributed by atoms with Gasteiger partial charge in [-0.05, 0) is 18.8 Å². The molecule has 40 valence electrons. The van der Waals surface area contributed by atoms with Crippen LogP contribution in [0.1, 0.15) is 19.3 Å². The zero-order valence-corrected chi connectivity index (χ0v) is 4.18. The molecule has 1 saturated carbocycles. The first-order valence-corrected chi connectivity index (χ1v) is 2.57. The summed E-state index contributed by atoms with van der Waals surface area (Å²) in [6.07, 6.45) is 3.03. The maximum atomic E-state index is 10.1. The smallest absolute Gasteiger partial charge is 0.217 e. The quantitative estimate of drug-likeness (QED) is 0.530. The maximum Gasteiger partial charge on any atom is 0.217 e. The number of primary amides is 1. The molecule has 0 heterocycles. The van der Waals surface area contributed by atoms with Gasteiger partial charge in [0, 0.05) is 6.42 Å². The zero-order chi connectivity index (χ0) is 5.28. The largest absolute Gasteiger partial charge is 0.370 e. The molecule has 1 fully saturated rings. The van der Waals surface area contributed by atoms with Crippen LogP contribution in [0.5, 0.6) is 0 Å². The highest BCUT2D eigenvalue weighted by atomic mass is 16.1. The number of carbonyl (C=O) groups is 1. The summed E-state index contributed by atoms with van der Waals surface area (Å²) in [5.41, 5.74) is 4.89. The van der Waals surface area contributed by atoms with Gasteiger partial charge in [-0.15, -0.1) is 0 Å². The minimum absolute atomic E-state index is 0.150. The van der Waals surface area contributed by atoms with E-state index in [1.165, 1.54) is 12.8 Å². The predicted octanol–water partition coefficient (Wildman–Crippen LogP) is 0.272. The van der Waals surface area contributed by atoms with Gasteiger partial charge in [0.05, 0.1) is 0 Å². The van der Waals surface area contributed by atoms with Crippen molar-refractivity contribution >= 4 is 5.91 Å². The Hall–Kier alpha value is -0.530. The van der Waals surface area contributed by atoms with Gasteiger partial charge >= 0.3 is 0 Å². The molecule has 0 aromatic heterocycles. The lowest BCUT2D eigenvalue weighted by Crippen LogP contribution is -2.10. The summed E-state index contributed by atoms with van der Waals surface area (Å²) < 4.78 is 0. The van der Waals surface area contributed by atoms with Crippen molar-refractivity contribution in [2.75, 3.05) is 0 Å². The van der Waals surface area contributed by atoms with Gasteiger partial charge in [-0.3, -0.25) is 4.79 Å². The van der Waals surface area contributed by atoms with Crippen molar-refractivity contribution < 1.29 is 4.79 Å². The number of rotatable bonds is 2. The maximum absolute atomic E-state index is 10.1. The minimum Gasteiger partial charge on any atom is -0.370 e. The van der Waals surface area contributed by atoms with Gasteiger partial charge in [0.2, 0.25) is 5.91 Å². The Kier molecular flexibility index (Phi) is 1.01. The predicted molar refractivity (Wildman–Crippen MR) is 26.5 cm³/mol. The molecule has 0 bridgehead atoms. The number of nitrogens with two attached hydrogens (primary N) is 1. The van der Waals surface area contributed by atoms with Crippen LogP contribution in [-0.4, -0.2) is 5.91 Å². The highest BCUT2D eigenvalue weighted by Gasteiger charge is 2.22. The van der Waals surface area contributed by atoms with Crippen LogP contribution in [0.25, 0.3) is 0 Å². The van der Waals surface area contributed by atoms with Gasteiger partial charge in [0.1, 0.15) is 0 Å². The first-order valence-electron chi connectivity index (χ1n) is 2.57. The second kappa shape index (κ2) is 1.52. The van der Waals surface area contributed by atoms with Crippen LogP contribution in [0, 0.1) is 5.92 Å². The summed E-state index contributed by atoms with van der Waals surface area (Å²) in [6.45, 7) is 0. The SMILES string of the molecule is NC(=O)CC1CC1. The molecule has 0 spiro atoms. The number of hydrogen-bond donors (Lipinski definition) is 1. The second-order valence-electron chi connectivity index (χ2n) is 2.11. The Morgan fingerprint density at radius 2 is 2.29 bits per heavy atom. The summed E-state index contributed by atoms with van der Waals surface area (Å²) in [7, 11) is 0. The molecule has 2 N–H and O–H groups in total. The molecule has 7 heavy (non-hydrogen) atoms. The molecule has 2 heteroatoms. The van der Waals surface area contributed by atoms with Gasteiger partial charge < -0.3 is 5.73 Å². The number of hydrogen-bond acceptors (Lipinski definition) is 1. The van der Waals surface area contributed by atoms with Crippen molar-refractivity contribution in [1.82, 2.24) is 0 Å². The second-order valence-corrected chi connectivity index (χ2v) is 2.11. The van der Waals surface area contributed by atoms with E-state index in [-0.39, 0.29) is 5.91 Å². The van der Waals surface area contributed by atoms with E-state index in [1.54, 1.807) is 0 Å². The Morgan fingerprint density at radius 3 is 2.43 bits per heavy atom. The molecule has 0 saturated heterocycles. The van der Waals surface area contributed by atoms with Crippen molar-refractivity contribution in [2.24, 2.45) is 11.7 Å². The molecule has 1 rings (SSSR count). The molecule has 0 radical (unpaired) electrons. The van der Waals surface area contributed by atoms with Crippen molar-refractivity contribution in [1.29, 1.82) is 0 Å². The lowest BCUT2D eigenvalue weighted by molar-refractivity contribution is -0.118. The van der Waals surface area contributed by atoms with Gasteiger partial charge in [-0.2, -0.15) is 0 Å². The summed E-state index contributed by atoms with van der Waals surface area (Å²) in [4.78, 5) is 10.1. The Morgan fingerprint density at radius 1 is 1.71 bits per heavy atom. The lowest BCUT2D eigenvalue weighted by Gasteiger charge is -1.84. The third-order valence-electron chi connectivity index (χ3n) is 1.19. The van der Waals surface area contributed by atoms with Crippen molar-refractivity contribution in [3.05, 3.63) is 0 Å². The molecule has 1 aliphatic rings. The normalized spacial score (nSPS) is 19.4. The van der Waals surface area contributed by atoms with E-state index in [4.69, 9.17) is 5.73 Å². The topological polar surface area (TPSA) is 43.1 Å². The van der Waals surface area contributed by atoms with E-state index in [0.717, 1.165) is 0 Å². The summed E-state index contributed by atoms with van der Waals surface area (Å²) in [5.74, 6) is 0.500. The van der Waals surface area contributed by atoms with Crippen LogP contribution in [-0.2, 0) is 4.79 Å².